The van der Waals surface area contributed by atoms with Gasteiger partial charge in [-0.3, -0.25) is 5.32 Å². The standard InChI is InChI=1S/C12H24N2O/c1-9(2)14-6-5-10(7-14)11-13-8-12(3,4)15-11/h9-11,13H,5-8H2,1-4H3. The van der Waals surface area contributed by atoms with Crippen molar-refractivity contribution in [3.8, 4) is 0 Å². The van der Waals surface area contributed by atoms with E-state index < -0.39 is 0 Å². The van der Waals surface area contributed by atoms with Crippen LogP contribution in [0, 0.1) is 5.92 Å². The smallest absolute Gasteiger partial charge is 0.113 e. The van der Waals surface area contributed by atoms with Gasteiger partial charge in [-0.15, -0.1) is 0 Å². The topological polar surface area (TPSA) is 24.5 Å². The van der Waals surface area contributed by atoms with E-state index in [9.17, 15) is 0 Å². The van der Waals surface area contributed by atoms with Crippen LogP contribution < -0.4 is 5.32 Å². The molecule has 2 fully saturated rings. The third kappa shape index (κ3) is 2.52. The van der Waals surface area contributed by atoms with Crippen molar-refractivity contribution < 1.29 is 4.74 Å². The van der Waals surface area contributed by atoms with Crippen LogP contribution in [0.3, 0.4) is 0 Å². The van der Waals surface area contributed by atoms with Crippen LogP contribution in [0.4, 0.5) is 0 Å². The fourth-order valence-corrected chi connectivity index (χ4v) is 2.57. The Bertz CT molecular complexity index is 228. The lowest BCUT2D eigenvalue weighted by Gasteiger charge is -2.24. The van der Waals surface area contributed by atoms with Crippen molar-refractivity contribution in [2.45, 2.75) is 52.0 Å². The van der Waals surface area contributed by atoms with Gasteiger partial charge in [0.25, 0.3) is 0 Å². The summed E-state index contributed by atoms with van der Waals surface area (Å²) in [7, 11) is 0. The second-order valence-corrected chi connectivity index (χ2v) is 5.82. The highest BCUT2D eigenvalue weighted by atomic mass is 16.5. The molecule has 0 bridgehead atoms. The largest absolute Gasteiger partial charge is 0.356 e. The van der Waals surface area contributed by atoms with Gasteiger partial charge in [0.1, 0.15) is 6.23 Å². The van der Waals surface area contributed by atoms with Gasteiger partial charge in [0.05, 0.1) is 5.60 Å². The highest BCUT2D eigenvalue weighted by Gasteiger charge is 2.38. The Hall–Kier alpha value is -0.120. The molecule has 0 aliphatic carbocycles. The van der Waals surface area contributed by atoms with E-state index in [-0.39, 0.29) is 11.8 Å². The van der Waals surface area contributed by atoms with E-state index in [4.69, 9.17) is 4.74 Å². The lowest BCUT2D eigenvalue weighted by atomic mass is 10.1. The summed E-state index contributed by atoms with van der Waals surface area (Å²) in [6.07, 6.45) is 1.55. The average Bonchev–Trinajstić information content (AvgIpc) is 2.70. The Kier molecular flexibility index (Phi) is 3.06. The maximum absolute atomic E-state index is 6.02. The molecule has 2 aliphatic heterocycles. The van der Waals surface area contributed by atoms with Crippen LogP contribution in [0.1, 0.15) is 34.1 Å². The molecule has 2 saturated heterocycles. The minimum Gasteiger partial charge on any atom is -0.356 e. The molecule has 1 N–H and O–H groups in total. The lowest BCUT2D eigenvalue weighted by Crippen LogP contribution is -2.35. The Morgan fingerprint density at radius 2 is 2.13 bits per heavy atom. The van der Waals surface area contributed by atoms with E-state index >= 15 is 0 Å². The van der Waals surface area contributed by atoms with Gasteiger partial charge in [-0.2, -0.15) is 0 Å². The summed E-state index contributed by atoms with van der Waals surface area (Å²) in [5, 5.41) is 3.50. The van der Waals surface area contributed by atoms with E-state index in [1.807, 2.05) is 0 Å². The highest BCUT2D eigenvalue weighted by molar-refractivity contribution is 4.89. The van der Waals surface area contributed by atoms with E-state index in [1.165, 1.54) is 19.5 Å². The van der Waals surface area contributed by atoms with Gasteiger partial charge >= 0.3 is 0 Å². The SMILES string of the molecule is CC(C)N1CCC(C2NCC(C)(C)O2)C1. The predicted octanol–water partition coefficient (Wildman–Crippen LogP) is 1.44. The summed E-state index contributed by atoms with van der Waals surface area (Å²) in [6, 6.07) is 0.671. The van der Waals surface area contributed by atoms with Gasteiger partial charge in [0, 0.05) is 25.0 Å². The summed E-state index contributed by atoms with van der Waals surface area (Å²) in [6.45, 7) is 12.3. The maximum Gasteiger partial charge on any atom is 0.113 e. The molecule has 2 rings (SSSR count). The first-order valence-electron chi connectivity index (χ1n) is 6.13. The number of hydrogen-bond donors (Lipinski definition) is 1. The van der Waals surface area contributed by atoms with Gasteiger partial charge in [-0.25, -0.2) is 0 Å². The maximum atomic E-state index is 6.02. The summed E-state index contributed by atoms with van der Waals surface area (Å²) in [4.78, 5) is 2.54. The Balaban J connectivity index is 1.87. The first-order chi connectivity index (χ1) is 6.98. The zero-order chi connectivity index (χ0) is 11.1. The van der Waals surface area contributed by atoms with Crippen molar-refractivity contribution in [1.29, 1.82) is 0 Å². The van der Waals surface area contributed by atoms with Crippen LogP contribution in [0.15, 0.2) is 0 Å². The predicted molar refractivity (Wildman–Crippen MR) is 61.8 cm³/mol. The molecule has 2 unspecified atom stereocenters. The average molecular weight is 212 g/mol. The molecular formula is C12H24N2O. The van der Waals surface area contributed by atoms with Crippen LogP contribution in [-0.4, -0.2) is 42.4 Å². The molecule has 0 aromatic carbocycles. The van der Waals surface area contributed by atoms with Gasteiger partial charge in [0.15, 0.2) is 0 Å². The number of rotatable bonds is 2. The molecule has 2 atom stereocenters. The number of ether oxygens (including phenoxy) is 1. The molecule has 3 nitrogen and oxygen atoms in total. The van der Waals surface area contributed by atoms with Crippen molar-refractivity contribution >= 4 is 0 Å². The van der Waals surface area contributed by atoms with E-state index in [2.05, 4.69) is 37.9 Å². The Morgan fingerprint density at radius 1 is 1.40 bits per heavy atom. The number of nitrogens with zero attached hydrogens (tertiary/aromatic N) is 1. The Labute approximate surface area is 93.2 Å². The molecule has 0 aromatic heterocycles. The van der Waals surface area contributed by atoms with Gasteiger partial charge in [0.2, 0.25) is 0 Å². The fourth-order valence-electron chi connectivity index (χ4n) is 2.57. The highest BCUT2D eigenvalue weighted by Crippen LogP contribution is 2.28. The third-order valence-corrected chi connectivity index (χ3v) is 3.59. The van der Waals surface area contributed by atoms with Crippen LogP contribution >= 0.6 is 0 Å². The normalized spacial score (nSPS) is 36.6. The first-order valence-corrected chi connectivity index (χ1v) is 6.13. The van der Waals surface area contributed by atoms with Crippen LogP contribution in [-0.2, 0) is 4.74 Å². The lowest BCUT2D eigenvalue weighted by molar-refractivity contribution is -0.0401. The number of hydrogen-bond acceptors (Lipinski definition) is 3. The minimum absolute atomic E-state index is 0.0237. The minimum atomic E-state index is 0.0237. The molecule has 2 aliphatic rings. The van der Waals surface area contributed by atoms with Gasteiger partial charge in [-0.1, -0.05) is 0 Å². The first kappa shape index (κ1) is 11.4. The monoisotopic (exact) mass is 212 g/mol. The zero-order valence-corrected chi connectivity index (χ0v) is 10.4. The summed E-state index contributed by atoms with van der Waals surface area (Å²) >= 11 is 0. The molecule has 0 radical (unpaired) electrons. The van der Waals surface area contributed by atoms with Crippen molar-refractivity contribution in [1.82, 2.24) is 10.2 Å². The van der Waals surface area contributed by atoms with Crippen molar-refractivity contribution in [3.63, 3.8) is 0 Å². The third-order valence-electron chi connectivity index (χ3n) is 3.59. The molecule has 0 spiro atoms. The molecule has 88 valence electrons. The molecule has 3 heteroatoms. The summed E-state index contributed by atoms with van der Waals surface area (Å²) < 4.78 is 6.02. The molecule has 0 amide bonds. The van der Waals surface area contributed by atoms with Gasteiger partial charge < -0.3 is 9.64 Å². The number of likely N-dealkylation sites (tertiary alicyclic amines) is 1. The van der Waals surface area contributed by atoms with Crippen molar-refractivity contribution in [2.24, 2.45) is 5.92 Å². The van der Waals surface area contributed by atoms with E-state index in [0.29, 0.717) is 12.0 Å². The van der Waals surface area contributed by atoms with Crippen LogP contribution in [0.2, 0.25) is 0 Å². The molecular weight excluding hydrogens is 188 g/mol. The second kappa shape index (κ2) is 4.04. The Morgan fingerprint density at radius 3 is 2.60 bits per heavy atom. The summed E-state index contributed by atoms with van der Waals surface area (Å²) in [5.74, 6) is 0.675. The molecule has 2 heterocycles. The molecule has 15 heavy (non-hydrogen) atoms. The molecule has 0 saturated carbocycles. The quantitative estimate of drug-likeness (QED) is 0.749. The van der Waals surface area contributed by atoms with Crippen LogP contribution in [0.5, 0.6) is 0 Å². The second-order valence-electron chi connectivity index (χ2n) is 5.82. The number of nitrogens with one attached hydrogen (secondary N) is 1. The van der Waals surface area contributed by atoms with Crippen molar-refractivity contribution in [3.05, 3.63) is 0 Å². The fraction of sp³-hybridized carbons (Fsp3) is 1.00. The summed E-state index contributed by atoms with van der Waals surface area (Å²) in [5.41, 5.74) is 0.0237. The van der Waals surface area contributed by atoms with Gasteiger partial charge in [-0.05, 0) is 40.7 Å². The zero-order valence-electron chi connectivity index (χ0n) is 10.4. The van der Waals surface area contributed by atoms with E-state index in [1.54, 1.807) is 0 Å². The van der Waals surface area contributed by atoms with Crippen molar-refractivity contribution in [2.75, 3.05) is 19.6 Å². The van der Waals surface area contributed by atoms with E-state index in [0.717, 1.165) is 6.54 Å². The van der Waals surface area contributed by atoms with Crippen LogP contribution in [0.25, 0.3) is 0 Å². The molecule has 0 aromatic rings.